The smallest absolute Gasteiger partial charge is 0.321 e. The SMILES string of the molecule is Cc1cccc(NC(=O)N2CCC(CN(C=N)C(=O)C(C)(N)CC(C)C)CC2)c1. The molecular weight excluding hydrogens is 366 g/mol. The fraction of sp³-hybridized carbons (Fsp3) is 0.591. The molecule has 1 aromatic rings. The highest BCUT2D eigenvalue weighted by Crippen LogP contribution is 2.22. The molecule has 1 unspecified atom stereocenters. The van der Waals surface area contributed by atoms with Crippen LogP contribution in [0.5, 0.6) is 0 Å². The number of nitrogens with one attached hydrogen (secondary N) is 2. The molecule has 0 saturated carbocycles. The van der Waals surface area contributed by atoms with Crippen molar-refractivity contribution in [2.75, 3.05) is 25.0 Å². The zero-order valence-corrected chi connectivity index (χ0v) is 18.1. The van der Waals surface area contributed by atoms with E-state index in [4.69, 9.17) is 11.1 Å². The number of hydrogen-bond acceptors (Lipinski definition) is 4. The summed E-state index contributed by atoms with van der Waals surface area (Å²) in [6.07, 6.45) is 3.26. The standard InChI is InChI=1S/C22H35N5O2/c1-16(2)13-22(4,24)20(28)27(15-23)14-18-8-10-26(11-9-18)21(29)25-19-7-5-6-17(3)12-19/h5-7,12,15-16,18,23H,8-11,13-14,24H2,1-4H3,(H,25,29). The molecule has 0 radical (unpaired) electrons. The molecular formula is C22H35N5O2. The lowest BCUT2D eigenvalue weighted by Gasteiger charge is -2.36. The van der Waals surface area contributed by atoms with E-state index in [-0.39, 0.29) is 17.9 Å². The third-order valence-corrected chi connectivity index (χ3v) is 5.36. The number of anilines is 1. The summed E-state index contributed by atoms with van der Waals surface area (Å²) in [5.74, 6) is 0.343. The summed E-state index contributed by atoms with van der Waals surface area (Å²) in [5, 5.41) is 10.6. The number of amides is 3. The largest absolute Gasteiger partial charge is 0.325 e. The van der Waals surface area contributed by atoms with E-state index in [0.29, 0.717) is 32.0 Å². The van der Waals surface area contributed by atoms with Gasteiger partial charge in [-0.3, -0.25) is 10.2 Å². The highest BCUT2D eigenvalue weighted by Gasteiger charge is 2.34. The van der Waals surface area contributed by atoms with E-state index in [1.807, 2.05) is 45.0 Å². The molecule has 160 valence electrons. The molecule has 3 amide bonds. The van der Waals surface area contributed by atoms with Crippen molar-refractivity contribution in [2.45, 2.75) is 52.5 Å². The van der Waals surface area contributed by atoms with Crippen LogP contribution in [-0.2, 0) is 4.79 Å². The Bertz CT molecular complexity index is 724. The fourth-order valence-corrected chi connectivity index (χ4v) is 3.98. The van der Waals surface area contributed by atoms with Gasteiger partial charge in [0.15, 0.2) is 0 Å². The van der Waals surface area contributed by atoms with E-state index in [0.717, 1.165) is 30.4 Å². The molecule has 7 nitrogen and oxygen atoms in total. The Morgan fingerprint density at radius 1 is 1.38 bits per heavy atom. The van der Waals surface area contributed by atoms with Gasteiger partial charge in [0.2, 0.25) is 5.91 Å². The molecule has 0 bridgehead atoms. The second-order valence-corrected chi connectivity index (χ2v) is 8.83. The van der Waals surface area contributed by atoms with E-state index in [9.17, 15) is 9.59 Å². The second-order valence-electron chi connectivity index (χ2n) is 8.83. The summed E-state index contributed by atoms with van der Waals surface area (Å²) in [6.45, 7) is 9.54. The molecule has 4 N–H and O–H groups in total. The normalized spacial score (nSPS) is 17.0. The topological polar surface area (TPSA) is 103 Å². The summed E-state index contributed by atoms with van der Waals surface area (Å²) in [5.41, 5.74) is 7.16. The van der Waals surface area contributed by atoms with Gasteiger partial charge in [-0.25, -0.2) is 4.79 Å². The van der Waals surface area contributed by atoms with Crippen LogP contribution in [0.1, 0.15) is 45.6 Å². The average Bonchev–Trinajstić information content (AvgIpc) is 2.65. The Labute approximate surface area is 174 Å². The Morgan fingerprint density at radius 3 is 2.59 bits per heavy atom. The number of benzene rings is 1. The van der Waals surface area contributed by atoms with Gasteiger partial charge in [0, 0.05) is 25.3 Å². The Balaban J connectivity index is 1.87. The van der Waals surface area contributed by atoms with Gasteiger partial charge in [0.05, 0.1) is 11.9 Å². The third kappa shape index (κ3) is 6.56. The van der Waals surface area contributed by atoms with Gasteiger partial charge in [0.25, 0.3) is 0 Å². The van der Waals surface area contributed by atoms with Crippen LogP contribution in [0.3, 0.4) is 0 Å². The monoisotopic (exact) mass is 401 g/mol. The quantitative estimate of drug-likeness (QED) is 0.482. The number of nitrogens with two attached hydrogens (primary N) is 1. The molecule has 1 aromatic carbocycles. The molecule has 1 aliphatic rings. The predicted octanol–water partition coefficient (Wildman–Crippen LogP) is 3.44. The number of aryl methyl sites for hydroxylation is 1. The Kier molecular flexibility index (Phi) is 7.79. The molecule has 2 rings (SSSR count). The number of likely N-dealkylation sites (tertiary alicyclic amines) is 1. The number of carbonyl (C=O) groups is 2. The minimum Gasteiger partial charge on any atom is -0.325 e. The number of carbonyl (C=O) groups excluding carboxylic acids is 2. The highest BCUT2D eigenvalue weighted by molar-refractivity contribution is 5.93. The molecule has 1 heterocycles. The summed E-state index contributed by atoms with van der Waals surface area (Å²) < 4.78 is 0. The van der Waals surface area contributed by atoms with Crippen molar-refractivity contribution >= 4 is 24.0 Å². The van der Waals surface area contributed by atoms with Gasteiger partial charge >= 0.3 is 6.03 Å². The molecule has 1 aliphatic heterocycles. The first kappa shape index (κ1) is 22.9. The average molecular weight is 402 g/mol. The van der Waals surface area contributed by atoms with Crippen LogP contribution >= 0.6 is 0 Å². The van der Waals surface area contributed by atoms with Crippen molar-refractivity contribution in [3.8, 4) is 0 Å². The van der Waals surface area contributed by atoms with E-state index in [1.165, 1.54) is 4.90 Å². The lowest BCUT2D eigenvalue weighted by atomic mass is 9.89. The highest BCUT2D eigenvalue weighted by atomic mass is 16.2. The first-order valence-electron chi connectivity index (χ1n) is 10.4. The molecule has 0 spiro atoms. The summed E-state index contributed by atoms with van der Waals surface area (Å²) in [4.78, 5) is 28.5. The lowest BCUT2D eigenvalue weighted by Crippen LogP contribution is -2.55. The van der Waals surface area contributed by atoms with Gasteiger partial charge in [-0.2, -0.15) is 0 Å². The van der Waals surface area contributed by atoms with Crippen molar-refractivity contribution in [1.29, 1.82) is 5.41 Å². The first-order valence-corrected chi connectivity index (χ1v) is 10.4. The van der Waals surface area contributed by atoms with Crippen LogP contribution in [0.2, 0.25) is 0 Å². The predicted molar refractivity (Wildman–Crippen MR) is 117 cm³/mol. The summed E-state index contributed by atoms with van der Waals surface area (Å²) >= 11 is 0. The molecule has 29 heavy (non-hydrogen) atoms. The fourth-order valence-electron chi connectivity index (χ4n) is 3.98. The molecule has 1 atom stereocenters. The van der Waals surface area contributed by atoms with Crippen molar-refractivity contribution in [3.63, 3.8) is 0 Å². The maximum absolute atomic E-state index is 12.8. The van der Waals surface area contributed by atoms with Crippen LogP contribution in [0.25, 0.3) is 0 Å². The van der Waals surface area contributed by atoms with E-state index in [1.54, 1.807) is 11.8 Å². The van der Waals surface area contributed by atoms with Crippen molar-refractivity contribution in [2.24, 2.45) is 17.6 Å². The molecule has 1 saturated heterocycles. The summed E-state index contributed by atoms with van der Waals surface area (Å²) in [6, 6.07) is 7.64. The number of hydrogen-bond donors (Lipinski definition) is 3. The second kappa shape index (κ2) is 9.87. The van der Waals surface area contributed by atoms with Crippen molar-refractivity contribution in [3.05, 3.63) is 29.8 Å². The number of rotatable bonds is 7. The number of piperidine rings is 1. The minimum absolute atomic E-state index is 0.0968. The van der Waals surface area contributed by atoms with Gasteiger partial charge < -0.3 is 20.9 Å². The van der Waals surface area contributed by atoms with E-state index in [2.05, 4.69) is 5.32 Å². The maximum Gasteiger partial charge on any atom is 0.321 e. The zero-order chi connectivity index (χ0) is 21.6. The van der Waals surface area contributed by atoms with Gasteiger partial charge in [-0.05, 0) is 62.6 Å². The van der Waals surface area contributed by atoms with E-state index < -0.39 is 5.54 Å². The summed E-state index contributed by atoms with van der Waals surface area (Å²) in [7, 11) is 0. The van der Waals surface area contributed by atoms with Crippen LogP contribution in [-0.4, -0.2) is 53.2 Å². The van der Waals surface area contributed by atoms with Gasteiger partial charge in [-0.1, -0.05) is 26.0 Å². The number of urea groups is 1. The maximum atomic E-state index is 12.8. The van der Waals surface area contributed by atoms with Crippen LogP contribution < -0.4 is 11.1 Å². The van der Waals surface area contributed by atoms with Gasteiger partial charge in [-0.15, -0.1) is 0 Å². The Morgan fingerprint density at radius 2 is 2.03 bits per heavy atom. The Hall–Kier alpha value is -2.41. The number of nitrogens with zero attached hydrogens (tertiary/aromatic N) is 2. The minimum atomic E-state index is -0.972. The first-order chi connectivity index (χ1) is 13.6. The molecule has 7 heteroatoms. The lowest BCUT2D eigenvalue weighted by molar-refractivity contribution is -0.133. The van der Waals surface area contributed by atoms with Crippen LogP contribution in [0, 0.1) is 24.2 Å². The molecule has 0 aromatic heterocycles. The molecule has 0 aliphatic carbocycles. The van der Waals surface area contributed by atoms with Crippen molar-refractivity contribution < 1.29 is 9.59 Å². The molecule has 1 fully saturated rings. The van der Waals surface area contributed by atoms with Crippen molar-refractivity contribution in [1.82, 2.24) is 9.80 Å². The van der Waals surface area contributed by atoms with E-state index >= 15 is 0 Å². The van der Waals surface area contributed by atoms with Crippen LogP contribution in [0.15, 0.2) is 24.3 Å². The third-order valence-electron chi connectivity index (χ3n) is 5.36. The zero-order valence-electron chi connectivity index (χ0n) is 18.1. The van der Waals surface area contributed by atoms with Crippen LogP contribution in [0.4, 0.5) is 10.5 Å². The van der Waals surface area contributed by atoms with Gasteiger partial charge in [0.1, 0.15) is 0 Å².